The second kappa shape index (κ2) is 5.58. The molecule has 106 valence electrons. The van der Waals surface area contributed by atoms with Crippen molar-refractivity contribution in [3.63, 3.8) is 0 Å². The minimum atomic E-state index is 0.412. The summed E-state index contributed by atoms with van der Waals surface area (Å²) in [4.78, 5) is 11.2. The molecular formula is C14H18N4O2. The van der Waals surface area contributed by atoms with Gasteiger partial charge in [0, 0.05) is 43.9 Å². The Morgan fingerprint density at radius 1 is 1.45 bits per heavy atom. The maximum Gasteiger partial charge on any atom is 0.156 e. The lowest BCUT2D eigenvalue weighted by Crippen LogP contribution is -2.21. The zero-order valence-corrected chi connectivity index (χ0v) is 11.7. The fraction of sp³-hybridized carbons (Fsp3) is 0.500. The van der Waals surface area contributed by atoms with Gasteiger partial charge in [0.1, 0.15) is 18.7 Å². The smallest absolute Gasteiger partial charge is 0.156 e. The molecule has 0 N–H and O–H groups in total. The lowest BCUT2D eigenvalue weighted by atomic mass is 10.1. The summed E-state index contributed by atoms with van der Waals surface area (Å²) in [6.07, 6.45) is 2.69. The van der Waals surface area contributed by atoms with E-state index in [0.717, 1.165) is 42.5 Å². The number of hydrogen-bond acceptors (Lipinski definition) is 6. The van der Waals surface area contributed by atoms with E-state index >= 15 is 0 Å². The molecule has 1 fully saturated rings. The van der Waals surface area contributed by atoms with Gasteiger partial charge in [-0.2, -0.15) is 0 Å². The summed E-state index contributed by atoms with van der Waals surface area (Å²) in [5, 5.41) is 4.04. The van der Waals surface area contributed by atoms with Crippen LogP contribution in [0.4, 0.5) is 5.82 Å². The molecule has 0 amide bonds. The largest absolute Gasteiger partial charge is 0.377 e. The van der Waals surface area contributed by atoms with Gasteiger partial charge in [0.15, 0.2) is 5.82 Å². The first kappa shape index (κ1) is 13.1. The maximum absolute atomic E-state index is 5.11. The van der Waals surface area contributed by atoms with Crippen molar-refractivity contribution < 1.29 is 9.26 Å². The fourth-order valence-electron chi connectivity index (χ4n) is 2.61. The summed E-state index contributed by atoms with van der Waals surface area (Å²) in [7, 11) is 1.65. The molecule has 6 heteroatoms. The summed E-state index contributed by atoms with van der Waals surface area (Å²) in [5.41, 5.74) is 1.99. The standard InChI is InChI=1S/C14H18N4O2/c1-10-7-14(16-13(15-10)9-19-2)18-5-3-11(8-18)12-4-6-20-17-12/h4,6-7,11H,3,5,8-9H2,1-2H3. The summed E-state index contributed by atoms with van der Waals surface area (Å²) >= 11 is 0. The van der Waals surface area contributed by atoms with Crippen molar-refractivity contribution in [2.75, 3.05) is 25.1 Å². The summed E-state index contributed by atoms with van der Waals surface area (Å²) in [6.45, 7) is 4.31. The molecule has 3 heterocycles. The molecule has 1 aliphatic heterocycles. The predicted octanol–water partition coefficient (Wildman–Crippen LogP) is 1.91. The molecule has 0 radical (unpaired) electrons. The first-order valence-corrected chi connectivity index (χ1v) is 6.75. The van der Waals surface area contributed by atoms with E-state index in [1.54, 1.807) is 13.4 Å². The van der Waals surface area contributed by atoms with Crippen LogP contribution in [0.3, 0.4) is 0 Å². The number of anilines is 1. The number of ether oxygens (including phenoxy) is 1. The lowest BCUT2D eigenvalue weighted by molar-refractivity contribution is 0.177. The van der Waals surface area contributed by atoms with Gasteiger partial charge in [0.05, 0.1) is 5.69 Å². The molecule has 0 spiro atoms. The van der Waals surface area contributed by atoms with E-state index in [-0.39, 0.29) is 0 Å². The summed E-state index contributed by atoms with van der Waals surface area (Å²) in [5.74, 6) is 2.11. The first-order chi connectivity index (χ1) is 9.76. The average Bonchev–Trinajstić information content (AvgIpc) is 3.10. The number of nitrogens with zero attached hydrogens (tertiary/aromatic N) is 4. The van der Waals surface area contributed by atoms with Crippen molar-refractivity contribution >= 4 is 5.82 Å². The third-order valence-corrected chi connectivity index (χ3v) is 3.55. The van der Waals surface area contributed by atoms with Crippen LogP contribution in [-0.2, 0) is 11.3 Å². The van der Waals surface area contributed by atoms with Gasteiger partial charge in [0.2, 0.25) is 0 Å². The maximum atomic E-state index is 5.11. The molecule has 2 aromatic heterocycles. The van der Waals surface area contributed by atoms with Crippen LogP contribution in [0.2, 0.25) is 0 Å². The molecule has 2 aromatic rings. The van der Waals surface area contributed by atoms with Gasteiger partial charge in [-0.05, 0) is 13.3 Å². The van der Waals surface area contributed by atoms with E-state index in [2.05, 4.69) is 20.0 Å². The van der Waals surface area contributed by atoms with Crippen molar-refractivity contribution in [2.24, 2.45) is 0 Å². The quantitative estimate of drug-likeness (QED) is 0.848. The van der Waals surface area contributed by atoms with Crippen LogP contribution in [0.15, 0.2) is 22.9 Å². The number of methoxy groups -OCH3 is 1. The Hall–Kier alpha value is -1.95. The van der Waals surface area contributed by atoms with Gasteiger partial charge in [-0.1, -0.05) is 5.16 Å². The second-order valence-electron chi connectivity index (χ2n) is 5.07. The van der Waals surface area contributed by atoms with E-state index in [1.807, 2.05) is 19.1 Å². The zero-order chi connectivity index (χ0) is 13.9. The van der Waals surface area contributed by atoms with Crippen molar-refractivity contribution in [1.29, 1.82) is 0 Å². The minimum Gasteiger partial charge on any atom is -0.377 e. The van der Waals surface area contributed by atoms with Crippen LogP contribution in [0, 0.1) is 6.92 Å². The highest BCUT2D eigenvalue weighted by molar-refractivity contribution is 5.42. The molecule has 0 aliphatic carbocycles. The normalized spacial score (nSPS) is 18.7. The van der Waals surface area contributed by atoms with Crippen LogP contribution in [-0.4, -0.2) is 35.3 Å². The molecule has 3 rings (SSSR count). The van der Waals surface area contributed by atoms with Gasteiger partial charge in [0.25, 0.3) is 0 Å². The van der Waals surface area contributed by atoms with E-state index < -0.39 is 0 Å². The number of aryl methyl sites for hydroxylation is 1. The zero-order valence-electron chi connectivity index (χ0n) is 11.7. The van der Waals surface area contributed by atoms with E-state index in [1.165, 1.54) is 0 Å². The van der Waals surface area contributed by atoms with Crippen molar-refractivity contribution in [2.45, 2.75) is 25.9 Å². The molecule has 1 unspecified atom stereocenters. The van der Waals surface area contributed by atoms with Gasteiger partial charge in [-0.15, -0.1) is 0 Å². The highest BCUT2D eigenvalue weighted by Gasteiger charge is 2.27. The molecule has 1 aliphatic rings. The highest BCUT2D eigenvalue weighted by atomic mass is 16.5. The summed E-state index contributed by atoms with van der Waals surface area (Å²) in [6, 6.07) is 3.96. The Morgan fingerprint density at radius 3 is 3.10 bits per heavy atom. The van der Waals surface area contributed by atoms with Gasteiger partial charge in [-0.25, -0.2) is 9.97 Å². The third-order valence-electron chi connectivity index (χ3n) is 3.55. The molecule has 0 bridgehead atoms. The lowest BCUT2D eigenvalue weighted by Gasteiger charge is -2.18. The molecule has 0 aromatic carbocycles. The fourth-order valence-corrected chi connectivity index (χ4v) is 2.61. The Morgan fingerprint density at radius 2 is 2.35 bits per heavy atom. The number of aromatic nitrogens is 3. The van der Waals surface area contributed by atoms with Crippen molar-refractivity contribution in [1.82, 2.24) is 15.1 Å². The Balaban J connectivity index is 1.77. The molecule has 0 saturated carbocycles. The SMILES string of the molecule is COCc1nc(C)cc(N2CCC(c3ccon3)C2)n1. The predicted molar refractivity (Wildman–Crippen MR) is 73.6 cm³/mol. The Bertz CT molecular complexity index is 571. The molecule has 6 nitrogen and oxygen atoms in total. The van der Waals surface area contributed by atoms with Crippen LogP contribution in [0.25, 0.3) is 0 Å². The van der Waals surface area contributed by atoms with E-state index in [4.69, 9.17) is 9.26 Å². The Labute approximate surface area is 117 Å². The van der Waals surface area contributed by atoms with Crippen LogP contribution >= 0.6 is 0 Å². The van der Waals surface area contributed by atoms with Crippen LogP contribution in [0.5, 0.6) is 0 Å². The monoisotopic (exact) mass is 274 g/mol. The topological polar surface area (TPSA) is 64.3 Å². The molecule has 20 heavy (non-hydrogen) atoms. The highest BCUT2D eigenvalue weighted by Crippen LogP contribution is 2.29. The van der Waals surface area contributed by atoms with Crippen LogP contribution in [0.1, 0.15) is 29.6 Å². The van der Waals surface area contributed by atoms with Crippen LogP contribution < -0.4 is 4.90 Å². The molecule has 1 atom stereocenters. The van der Waals surface area contributed by atoms with Crippen molar-refractivity contribution in [3.05, 3.63) is 35.6 Å². The molecule has 1 saturated heterocycles. The van der Waals surface area contributed by atoms with Gasteiger partial charge < -0.3 is 14.2 Å². The van der Waals surface area contributed by atoms with Gasteiger partial charge >= 0.3 is 0 Å². The average molecular weight is 274 g/mol. The number of rotatable bonds is 4. The summed E-state index contributed by atoms with van der Waals surface area (Å²) < 4.78 is 10.0. The Kier molecular flexibility index (Phi) is 3.64. The van der Waals surface area contributed by atoms with Crippen molar-refractivity contribution in [3.8, 4) is 0 Å². The first-order valence-electron chi connectivity index (χ1n) is 6.75. The van der Waals surface area contributed by atoms with E-state index in [9.17, 15) is 0 Å². The number of hydrogen-bond donors (Lipinski definition) is 0. The third kappa shape index (κ3) is 2.65. The minimum absolute atomic E-state index is 0.412. The van der Waals surface area contributed by atoms with Gasteiger partial charge in [-0.3, -0.25) is 0 Å². The molecular weight excluding hydrogens is 256 g/mol. The second-order valence-corrected chi connectivity index (χ2v) is 5.07. The van der Waals surface area contributed by atoms with E-state index in [0.29, 0.717) is 12.5 Å².